The SMILES string of the molecule is O=C(O)c1nnn(CCN2CCCC2)c1C1CC1. The van der Waals surface area contributed by atoms with Crippen LogP contribution in [0.5, 0.6) is 0 Å². The lowest BCUT2D eigenvalue weighted by atomic mass is 10.2. The van der Waals surface area contributed by atoms with Crippen LogP contribution in [0.4, 0.5) is 0 Å². The lowest BCUT2D eigenvalue weighted by Gasteiger charge is -2.15. The van der Waals surface area contributed by atoms with E-state index in [0.717, 1.165) is 44.7 Å². The Hall–Kier alpha value is -1.43. The number of likely N-dealkylation sites (tertiary alicyclic amines) is 1. The van der Waals surface area contributed by atoms with E-state index in [9.17, 15) is 4.79 Å². The number of aromatic carboxylic acids is 1. The van der Waals surface area contributed by atoms with Gasteiger partial charge in [-0.2, -0.15) is 0 Å². The molecule has 0 atom stereocenters. The predicted octanol–water partition coefficient (Wildman–Crippen LogP) is 0.949. The van der Waals surface area contributed by atoms with Gasteiger partial charge in [-0.1, -0.05) is 5.21 Å². The van der Waals surface area contributed by atoms with Crippen LogP contribution in [0.3, 0.4) is 0 Å². The molecule has 2 aliphatic rings. The van der Waals surface area contributed by atoms with Crippen LogP contribution in [0.1, 0.15) is 47.8 Å². The average molecular weight is 250 g/mol. The van der Waals surface area contributed by atoms with Crippen molar-refractivity contribution in [2.75, 3.05) is 19.6 Å². The summed E-state index contributed by atoms with van der Waals surface area (Å²) in [5.74, 6) is -0.589. The van der Waals surface area contributed by atoms with Crippen molar-refractivity contribution in [1.82, 2.24) is 19.9 Å². The first-order valence-electron chi connectivity index (χ1n) is 6.65. The summed E-state index contributed by atoms with van der Waals surface area (Å²) in [7, 11) is 0. The Bertz CT molecular complexity index is 447. The standard InChI is InChI=1S/C12H18N4O2/c17-12(18)10-11(9-3-4-9)16(14-13-10)8-7-15-5-1-2-6-15/h9H,1-8H2,(H,17,18). The van der Waals surface area contributed by atoms with Gasteiger partial charge in [-0.05, 0) is 38.8 Å². The lowest BCUT2D eigenvalue weighted by molar-refractivity contribution is 0.0689. The topological polar surface area (TPSA) is 71.2 Å². The zero-order chi connectivity index (χ0) is 12.5. The van der Waals surface area contributed by atoms with Crippen LogP contribution in [-0.4, -0.2) is 50.6 Å². The molecule has 1 aromatic heterocycles. The molecule has 1 aromatic rings. The first-order valence-corrected chi connectivity index (χ1v) is 6.65. The maximum atomic E-state index is 11.1. The Kier molecular flexibility index (Phi) is 3.03. The molecule has 18 heavy (non-hydrogen) atoms. The molecule has 0 amide bonds. The lowest BCUT2D eigenvalue weighted by Crippen LogP contribution is -2.25. The van der Waals surface area contributed by atoms with E-state index >= 15 is 0 Å². The van der Waals surface area contributed by atoms with Gasteiger partial charge < -0.3 is 10.0 Å². The zero-order valence-electron chi connectivity index (χ0n) is 10.4. The maximum absolute atomic E-state index is 11.1. The number of carboxylic acids is 1. The molecule has 6 heteroatoms. The summed E-state index contributed by atoms with van der Waals surface area (Å²) in [5, 5.41) is 16.9. The van der Waals surface area contributed by atoms with Gasteiger partial charge in [0.15, 0.2) is 5.69 Å². The summed E-state index contributed by atoms with van der Waals surface area (Å²) in [6.07, 6.45) is 4.68. The van der Waals surface area contributed by atoms with E-state index in [-0.39, 0.29) is 5.69 Å². The second kappa shape index (κ2) is 4.68. The number of nitrogens with zero attached hydrogens (tertiary/aromatic N) is 4. The van der Waals surface area contributed by atoms with Crippen LogP contribution < -0.4 is 0 Å². The van der Waals surface area contributed by atoms with E-state index in [1.54, 1.807) is 4.68 Å². The Labute approximate surface area is 106 Å². The molecule has 0 unspecified atom stereocenters. The Morgan fingerprint density at radius 2 is 2.00 bits per heavy atom. The maximum Gasteiger partial charge on any atom is 0.358 e. The second-order valence-corrected chi connectivity index (χ2v) is 5.17. The van der Waals surface area contributed by atoms with E-state index in [2.05, 4.69) is 15.2 Å². The van der Waals surface area contributed by atoms with Crippen molar-refractivity contribution >= 4 is 5.97 Å². The highest BCUT2D eigenvalue weighted by Gasteiger charge is 2.33. The van der Waals surface area contributed by atoms with Crippen LogP contribution in [0, 0.1) is 0 Å². The summed E-state index contributed by atoms with van der Waals surface area (Å²) in [4.78, 5) is 13.5. The minimum atomic E-state index is -0.954. The summed E-state index contributed by atoms with van der Waals surface area (Å²) < 4.78 is 1.80. The number of hydrogen-bond donors (Lipinski definition) is 1. The highest BCUT2D eigenvalue weighted by Crippen LogP contribution is 2.41. The molecule has 1 saturated carbocycles. The van der Waals surface area contributed by atoms with Crippen molar-refractivity contribution in [3.63, 3.8) is 0 Å². The predicted molar refractivity (Wildman–Crippen MR) is 64.6 cm³/mol. The Morgan fingerprint density at radius 1 is 1.28 bits per heavy atom. The molecule has 3 rings (SSSR count). The minimum Gasteiger partial charge on any atom is -0.476 e. The molecule has 2 heterocycles. The Balaban J connectivity index is 1.72. The number of carboxylic acid groups (broad SMARTS) is 1. The third kappa shape index (κ3) is 2.25. The molecule has 0 aromatic carbocycles. The normalized spacial score (nSPS) is 20.4. The monoisotopic (exact) mass is 250 g/mol. The van der Waals surface area contributed by atoms with Gasteiger partial charge in [-0.15, -0.1) is 5.10 Å². The van der Waals surface area contributed by atoms with Crippen molar-refractivity contribution in [2.24, 2.45) is 0 Å². The molecule has 1 saturated heterocycles. The number of rotatable bonds is 5. The fourth-order valence-electron chi connectivity index (χ4n) is 2.64. The molecule has 0 spiro atoms. The van der Waals surface area contributed by atoms with Gasteiger partial charge in [-0.25, -0.2) is 9.48 Å². The van der Waals surface area contributed by atoms with E-state index in [4.69, 9.17) is 5.11 Å². The van der Waals surface area contributed by atoms with E-state index < -0.39 is 5.97 Å². The molecule has 98 valence electrons. The van der Waals surface area contributed by atoms with E-state index in [1.807, 2.05) is 0 Å². The number of hydrogen-bond acceptors (Lipinski definition) is 4. The molecule has 0 radical (unpaired) electrons. The van der Waals surface area contributed by atoms with Crippen molar-refractivity contribution in [1.29, 1.82) is 0 Å². The number of carbonyl (C=O) groups is 1. The smallest absolute Gasteiger partial charge is 0.358 e. The van der Waals surface area contributed by atoms with Crippen molar-refractivity contribution in [3.8, 4) is 0 Å². The molecular weight excluding hydrogens is 232 g/mol. The van der Waals surface area contributed by atoms with Crippen LogP contribution >= 0.6 is 0 Å². The van der Waals surface area contributed by atoms with Gasteiger partial charge in [0.2, 0.25) is 0 Å². The van der Waals surface area contributed by atoms with Crippen LogP contribution in [0.2, 0.25) is 0 Å². The summed E-state index contributed by atoms with van der Waals surface area (Å²) >= 11 is 0. The third-order valence-corrected chi connectivity index (χ3v) is 3.77. The molecule has 1 aliphatic heterocycles. The van der Waals surface area contributed by atoms with Crippen molar-refractivity contribution in [2.45, 2.75) is 38.1 Å². The Morgan fingerprint density at radius 3 is 2.61 bits per heavy atom. The first kappa shape index (κ1) is 11.6. The average Bonchev–Trinajstić information content (AvgIpc) is 2.91. The van der Waals surface area contributed by atoms with Gasteiger partial charge in [-0.3, -0.25) is 0 Å². The van der Waals surface area contributed by atoms with Gasteiger partial charge >= 0.3 is 5.97 Å². The minimum absolute atomic E-state index is 0.152. The summed E-state index contributed by atoms with van der Waals surface area (Å²) in [6, 6.07) is 0. The highest BCUT2D eigenvalue weighted by atomic mass is 16.4. The van der Waals surface area contributed by atoms with Gasteiger partial charge in [0.1, 0.15) is 0 Å². The van der Waals surface area contributed by atoms with Crippen molar-refractivity contribution < 1.29 is 9.90 Å². The third-order valence-electron chi connectivity index (χ3n) is 3.77. The first-order chi connectivity index (χ1) is 8.75. The quantitative estimate of drug-likeness (QED) is 0.842. The molecular formula is C12H18N4O2. The highest BCUT2D eigenvalue weighted by molar-refractivity contribution is 5.86. The van der Waals surface area contributed by atoms with Crippen LogP contribution in [0.25, 0.3) is 0 Å². The molecule has 0 bridgehead atoms. The molecule has 1 N–H and O–H groups in total. The van der Waals surface area contributed by atoms with Crippen molar-refractivity contribution in [3.05, 3.63) is 11.4 Å². The molecule has 2 fully saturated rings. The van der Waals surface area contributed by atoms with E-state index in [1.165, 1.54) is 12.8 Å². The van der Waals surface area contributed by atoms with Gasteiger partial charge in [0.05, 0.1) is 12.2 Å². The van der Waals surface area contributed by atoms with Gasteiger partial charge in [0.25, 0.3) is 0 Å². The van der Waals surface area contributed by atoms with Crippen LogP contribution in [0.15, 0.2) is 0 Å². The fourth-order valence-corrected chi connectivity index (χ4v) is 2.64. The summed E-state index contributed by atoms with van der Waals surface area (Å²) in [5.41, 5.74) is 0.987. The second-order valence-electron chi connectivity index (χ2n) is 5.17. The fraction of sp³-hybridized carbons (Fsp3) is 0.750. The van der Waals surface area contributed by atoms with Crippen LogP contribution in [-0.2, 0) is 6.54 Å². The summed E-state index contributed by atoms with van der Waals surface area (Å²) in [6.45, 7) is 4.01. The molecule has 1 aliphatic carbocycles. The largest absolute Gasteiger partial charge is 0.476 e. The number of aromatic nitrogens is 3. The van der Waals surface area contributed by atoms with E-state index in [0.29, 0.717) is 5.92 Å². The zero-order valence-corrected chi connectivity index (χ0v) is 10.4. The molecule has 6 nitrogen and oxygen atoms in total. The van der Waals surface area contributed by atoms with Gasteiger partial charge in [0, 0.05) is 12.5 Å².